The normalized spacial score (nSPS) is 12.7. The fourth-order valence-corrected chi connectivity index (χ4v) is 10.4. The molecule has 3 N–H and O–H groups in total. The van der Waals surface area contributed by atoms with Crippen LogP contribution in [-0.4, -0.2) is 47.4 Å². The van der Waals surface area contributed by atoms with E-state index in [1.54, 1.807) is 6.08 Å². The van der Waals surface area contributed by atoms with Crippen LogP contribution in [0.1, 0.15) is 367 Å². The predicted octanol–water partition coefficient (Wildman–Crippen LogP) is 21.0. The summed E-state index contributed by atoms with van der Waals surface area (Å²) in [4.78, 5) is 24.5. The van der Waals surface area contributed by atoms with Crippen molar-refractivity contribution in [1.82, 2.24) is 5.32 Å². The molecular weight excluding hydrogens is 899 g/mol. The fraction of sp³-hybridized carbons (Fsp3) is 0.910. The number of esters is 1. The van der Waals surface area contributed by atoms with Crippen LogP contribution < -0.4 is 5.32 Å². The van der Waals surface area contributed by atoms with E-state index in [-0.39, 0.29) is 18.5 Å². The molecule has 0 aliphatic heterocycles. The van der Waals surface area contributed by atoms with E-state index in [1.807, 2.05) is 6.08 Å². The lowest BCUT2D eigenvalue weighted by Crippen LogP contribution is -2.45. The number of carbonyl (C=O) groups excluding carboxylic acids is 2. The Balaban J connectivity index is 3.33. The van der Waals surface area contributed by atoms with Gasteiger partial charge in [0, 0.05) is 12.8 Å². The number of allylic oxidation sites excluding steroid dienone is 3. The molecule has 6 heteroatoms. The number of unbranched alkanes of at least 4 members (excludes halogenated alkanes) is 49. The first-order chi connectivity index (χ1) is 36.0. The molecule has 2 unspecified atom stereocenters. The molecule has 0 saturated heterocycles. The Labute approximate surface area is 456 Å². The van der Waals surface area contributed by atoms with Gasteiger partial charge < -0.3 is 20.3 Å². The minimum atomic E-state index is -0.840. The van der Waals surface area contributed by atoms with Crippen molar-refractivity contribution in [3.05, 3.63) is 24.3 Å². The van der Waals surface area contributed by atoms with Crippen LogP contribution in [0.25, 0.3) is 0 Å². The SMILES string of the molecule is CCCCC/C=C\CCCCCCCC(=O)OCCCCCCCCCCCCCCCCCCCCCCCCCCCCCCCCCC(=O)NC(CO)C(O)/C=C/CCCCCCCCCCCCC. The highest BCUT2D eigenvalue weighted by Crippen LogP contribution is 2.18. The number of nitrogens with one attached hydrogen (secondary N) is 1. The molecule has 0 aromatic heterocycles. The van der Waals surface area contributed by atoms with Crippen molar-refractivity contribution in [2.75, 3.05) is 13.2 Å². The maximum absolute atomic E-state index is 12.5. The van der Waals surface area contributed by atoms with Crippen LogP contribution in [0.15, 0.2) is 24.3 Å². The van der Waals surface area contributed by atoms with Crippen molar-refractivity contribution in [3.8, 4) is 0 Å². The second kappa shape index (κ2) is 62.9. The molecule has 0 saturated carbocycles. The standard InChI is InChI=1S/C67H129NO5/c1-3-5-7-9-11-13-15-36-39-43-47-51-55-59-65(70)64(63-69)68-66(71)60-56-52-48-44-40-37-34-32-30-28-26-24-22-20-18-17-19-21-23-25-27-29-31-33-35-38-42-46-50-54-58-62-73-67(72)61-57-53-49-45-41-16-14-12-10-8-6-4-2/h12,14,55,59,64-65,69-70H,3-11,13,15-54,56-58,60-63H2,1-2H3,(H,68,71)/b14-12-,59-55+. The Morgan fingerprint density at radius 2 is 0.644 bits per heavy atom. The van der Waals surface area contributed by atoms with Gasteiger partial charge in [0.05, 0.1) is 25.4 Å². The number of hydrogen-bond acceptors (Lipinski definition) is 5. The van der Waals surface area contributed by atoms with Gasteiger partial charge in [-0.3, -0.25) is 9.59 Å². The van der Waals surface area contributed by atoms with Crippen LogP contribution in [0.2, 0.25) is 0 Å². The summed E-state index contributed by atoms with van der Waals surface area (Å²) in [6, 6.07) is -0.623. The molecule has 0 aliphatic carbocycles. The van der Waals surface area contributed by atoms with Crippen LogP contribution in [0.5, 0.6) is 0 Å². The zero-order valence-electron chi connectivity index (χ0n) is 49.4. The highest BCUT2D eigenvalue weighted by molar-refractivity contribution is 5.76. The highest BCUT2D eigenvalue weighted by Gasteiger charge is 2.18. The van der Waals surface area contributed by atoms with Crippen molar-refractivity contribution in [2.24, 2.45) is 0 Å². The van der Waals surface area contributed by atoms with E-state index in [0.717, 1.165) is 44.9 Å². The molecule has 0 spiro atoms. The lowest BCUT2D eigenvalue weighted by Gasteiger charge is -2.20. The van der Waals surface area contributed by atoms with E-state index in [1.165, 1.54) is 295 Å². The van der Waals surface area contributed by atoms with E-state index in [9.17, 15) is 19.8 Å². The average molecular weight is 1030 g/mol. The zero-order valence-corrected chi connectivity index (χ0v) is 49.4. The van der Waals surface area contributed by atoms with Crippen molar-refractivity contribution < 1.29 is 24.5 Å². The van der Waals surface area contributed by atoms with Gasteiger partial charge in [0.2, 0.25) is 5.91 Å². The van der Waals surface area contributed by atoms with Crippen molar-refractivity contribution in [2.45, 2.75) is 379 Å². The number of carbonyl (C=O) groups is 2. The van der Waals surface area contributed by atoms with Gasteiger partial charge in [-0.2, -0.15) is 0 Å². The molecule has 0 heterocycles. The smallest absolute Gasteiger partial charge is 0.305 e. The van der Waals surface area contributed by atoms with Crippen molar-refractivity contribution >= 4 is 11.9 Å². The van der Waals surface area contributed by atoms with Gasteiger partial charge in [-0.1, -0.05) is 321 Å². The molecule has 0 fully saturated rings. The number of aliphatic hydroxyl groups is 2. The largest absolute Gasteiger partial charge is 0.466 e. The average Bonchev–Trinajstić information content (AvgIpc) is 3.39. The van der Waals surface area contributed by atoms with Crippen LogP contribution in [0.4, 0.5) is 0 Å². The van der Waals surface area contributed by atoms with Crippen LogP contribution in [0, 0.1) is 0 Å². The van der Waals surface area contributed by atoms with Gasteiger partial charge in [-0.25, -0.2) is 0 Å². The summed E-state index contributed by atoms with van der Waals surface area (Å²) in [5.74, 6) is -0.0520. The molecule has 0 bridgehead atoms. The van der Waals surface area contributed by atoms with E-state index in [4.69, 9.17) is 4.74 Å². The highest BCUT2D eigenvalue weighted by atomic mass is 16.5. The monoisotopic (exact) mass is 1030 g/mol. The molecule has 2 atom stereocenters. The third-order valence-electron chi connectivity index (χ3n) is 15.5. The molecule has 1 amide bonds. The fourth-order valence-electron chi connectivity index (χ4n) is 10.4. The molecule has 6 nitrogen and oxygen atoms in total. The first-order valence-corrected chi connectivity index (χ1v) is 33.1. The Morgan fingerprint density at radius 3 is 1.00 bits per heavy atom. The third-order valence-corrected chi connectivity index (χ3v) is 15.5. The summed E-state index contributed by atoms with van der Waals surface area (Å²) in [6.07, 6.45) is 78.2. The van der Waals surface area contributed by atoms with Gasteiger partial charge in [0.15, 0.2) is 0 Å². The van der Waals surface area contributed by atoms with Gasteiger partial charge in [0.1, 0.15) is 0 Å². The Kier molecular flexibility index (Phi) is 61.4. The summed E-state index contributed by atoms with van der Waals surface area (Å²) in [5.41, 5.74) is 0. The lowest BCUT2D eigenvalue weighted by atomic mass is 10.0. The number of rotatable bonds is 62. The summed E-state index contributed by atoms with van der Waals surface area (Å²) in [6.45, 7) is 4.90. The number of ether oxygens (including phenoxy) is 1. The number of aliphatic hydroxyl groups excluding tert-OH is 2. The topological polar surface area (TPSA) is 95.9 Å². The Bertz CT molecular complexity index is 1140. The van der Waals surface area contributed by atoms with Gasteiger partial charge in [0.25, 0.3) is 0 Å². The Hall–Kier alpha value is -1.66. The second-order valence-corrected chi connectivity index (χ2v) is 22.8. The first-order valence-electron chi connectivity index (χ1n) is 33.1. The predicted molar refractivity (Wildman–Crippen MR) is 320 cm³/mol. The maximum Gasteiger partial charge on any atom is 0.305 e. The summed E-state index contributed by atoms with van der Waals surface area (Å²) in [7, 11) is 0. The van der Waals surface area contributed by atoms with E-state index in [2.05, 4.69) is 31.3 Å². The number of amides is 1. The molecular formula is C67H129NO5. The summed E-state index contributed by atoms with van der Waals surface area (Å²) < 4.78 is 5.47. The van der Waals surface area contributed by atoms with E-state index >= 15 is 0 Å². The van der Waals surface area contributed by atoms with Crippen LogP contribution in [-0.2, 0) is 14.3 Å². The molecule has 0 aromatic rings. The Morgan fingerprint density at radius 1 is 0.370 bits per heavy atom. The third kappa shape index (κ3) is 59.4. The quantitative estimate of drug-likeness (QED) is 0.0320. The lowest BCUT2D eigenvalue weighted by molar-refractivity contribution is -0.143. The van der Waals surface area contributed by atoms with Gasteiger partial charge in [-0.05, 0) is 57.8 Å². The van der Waals surface area contributed by atoms with Crippen LogP contribution >= 0.6 is 0 Å². The minimum absolute atomic E-state index is 0.0105. The van der Waals surface area contributed by atoms with Crippen molar-refractivity contribution in [1.29, 1.82) is 0 Å². The molecule has 73 heavy (non-hydrogen) atoms. The van der Waals surface area contributed by atoms with Gasteiger partial charge >= 0.3 is 5.97 Å². The van der Waals surface area contributed by atoms with Crippen molar-refractivity contribution in [3.63, 3.8) is 0 Å². The van der Waals surface area contributed by atoms with Crippen LogP contribution in [0.3, 0.4) is 0 Å². The molecule has 0 rings (SSSR count). The van der Waals surface area contributed by atoms with E-state index < -0.39 is 12.1 Å². The number of hydrogen-bond donors (Lipinski definition) is 3. The first kappa shape index (κ1) is 71.3. The maximum atomic E-state index is 12.5. The molecule has 0 aliphatic rings. The minimum Gasteiger partial charge on any atom is -0.466 e. The van der Waals surface area contributed by atoms with E-state index in [0.29, 0.717) is 19.4 Å². The second-order valence-electron chi connectivity index (χ2n) is 22.8. The summed E-state index contributed by atoms with van der Waals surface area (Å²) >= 11 is 0. The molecule has 432 valence electrons. The van der Waals surface area contributed by atoms with Gasteiger partial charge in [-0.15, -0.1) is 0 Å². The zero-order chi connectivity index (χ0) is 52.9. The molecule has 0 radical (unpaired) electrons. The summed E-state index contributed by atoms with van der Waals surface area (Å²) in [5, 5.41) is 23.1. The molecule has 0 aromatic carbocycles.